The predicted molar refractivity (Wildman–Crippen MR) is 97.0 cm³/mol. The van der Waals surface area contributed by atoms with E-state index in [1.807, 2.05) is 34.7 Å². The van der Waals surface area contributed by atoms with Crippen molar-refractivity contribution in [1.82, 2.24) is 14.7 Å². The van der Waals surface area contributed by atoms with Crippen LogP contribution in [0.15, 0.2) is 0 Å². The van der Waals surface area contributed by atoms with Crippen molar-refractivity contribution in [2.45, 2.75) is 34.6 Å². The van der Waals surface area contributed by atoms with Crippen LogP contribution in [0.5, 0.6) is 0 Å². The molecule has 0 aromatic heterocycles. The Labute approximate surface area is 134 Å². The minimum Gasteiger partial charge on any atom is -0.329 e. The Hall–Kier alpha value is -0.490. The van der Waals surface area contributed by atoms with E-state index in [0.29, 0.717) is 13.1 Å². The van der Waals surface area contributed by atoms with Crippen LogP contribution >= 0.6 is 0 Å². The molecule has 5 heteroatoms. The molecule has 0 unspecified atom stereocenters. The van der Waals surface area contributed by atoms with Gasteiger partial charge in [0.15, 0.2) is 0 Å². The summed E-state index contributed by atoms with van der Waals surface area (Å²) in [6, 6.07) is 0. The number of ketones is 1. The molecule has 0 heterocycles. The standard InChI is InChI=1S/C12H28N4O.2C2H6.H2/c1-12(17)11-16(4)10-9-15(3)8-7-14(2)6-5-13;2*1-2;/h5-11,13H2,1-4H3;2*1-2H3;1H. The molecule has 0 rings (SSSR count). The highest BCUT2D eigenvalue weighted by Gasteiger charge is 2.05. The number of nitrogens with two attached hydrogens (primary N) is 1. The number of nitrogens with zero attached hydrogens (tertiary/aromatic N) is 3. The second-order valence-electron chi connectivity index (χ2n) is 4.84. The first-order chi connectivity index (χ1) is 9.95. The zero-order valence-electron chi connectivity index (χ0n) is 15.8. The zero-order valence-corrected chi connectivity index (χ0v) is 15.8. The number of likely N-dealkylation sites (N-methyl/N-ethyl adjacent to an activating group) is 3. The van der Waals surface area contributed by atoms with Crippen molar-refractivity contribution in [1.29, 1.82) is 0 Å². The topological polar surface area (TPSA) is 52.8 Å². The van der Waals surface area contributed by atoms with E-state index in [1.54, 1.807) is 6.92 Å². The lowest BCUT2D eigenvalue weighted by atomic mass is 10.4. The van der Waals surface area contributed by atoms with E-state index in [2.05, 4.69) is 28.8 Å². The van der Waals surface area contributed by atoms with Gasteiger partial charge in [0.05, 0.1) is 6.54 Å². The van der Waals surface area contributed by atoms with Gasteiger partial charge in [-0.15, -0.1) is 0 Å². The molecular formula is C16H42N4O. The van der Waals surface area contributed by atoms with E-state index in [1.165, 1.54) is 0 Å². The Kier molecular flexibility index (Phi) is 23.7. The van der Waals surface area contributed by atoms with Crippen molar-refractivity contribution in [3.63, 3.8) is 0 Å². The van der Waals surface area contributed by atoms with Crippen molar-refractivity contribution >= 4 is 5.78 Å². The van der Waals surface area contributed by atoms with Gasteiger partial charge in [-0.25, -0.2) is 0 Å². The third-order valence-corrected chi connectivity index (χ3v) is 2.73. The lowest BCUT2D eigenvalue weighted by Crippen LogP contribution is -2.37. The molecule has 2 N–H and O–H groups in total. The van der Waals surface area contributed by atoms with Crippen molar-refractivity contribution in [3.8, 4) is 0 Å². The third-order valence-electron chi connectivity index (χ3n) is 2.73. The molecular weight excluding hydrogens is 264 g/mol. The van der Waals surface area contributed by atoms with Gasteiger partial charge < -0.3 is 15.5 Å². The van der Waals surface area contributed by atoms with Crippen molar-refractivity contribution in [2.75, 3.05) is 67.0 Å². The molecule has 0 atom stereocenters. The predicted octanol–water partition coefficient (Wildman–Crippen LogP) is 1.63. The molecule has 0 fully saturated rings. The van der Waals surface area contributed by atoms with Crippen molar-refractivity contribution < 1.29 is 6.22 Å². The molecule has 0 aliphatic rings. The summed E-state index contributed by atoms with van der Waals surface area (Å²) in [6.45, 7) is 15.8. The van der Waals surface area contributed by atoms with E-state index >= 15 is 0 Å². The Bertz CT molecular complexity index is 218. The third kappa shape index (κ3) is 21.9. The van der Waals surface area contributed by atoms with Crippen LogP contribution in [0, 0.1) is 0 Å². The quantitative estimate of drug-likeness (QED) is 0.665. The van der Waals surface area contributed by atoms with Gasteiger partial charge in [-0.2, -0.15) is 0 Å². The van der Waals surface area contributed by atoms with Gasteiger partial charge in [0.2, 0.25) is 0 Å². The van der Waals surface area contributed by atoms with E-state index in [-0.39, 0.29) is 7.21 Å². The highest BCUT2D eigenvalue weighted by atomic mass is 16.1. The zero-order chi connectivity index (χ0) is 17.3. The fourth-order valence-electron chi connectivity index (χ4n) is 1.59. The molecule has 132 valence electrons. The maximum atomic E-state index is 10.9. The van der Waals surface area contributed by atoms with Gasteiger partial charge in [-0.1, -0.05) is 27.7 Å². The summed E-state index contributed by atoms with van der Waals surface area (Å²) in [5.41, 5.74) is 5.49. The summed E-state index contributed by atoms with van der Waals surface area (Å²) in [5, 5.41) is 0. The monoisotopic (exact) mass is 306 g/mol. The van der Waals surface area contributed by atoms with Crippen LogP contribution in [0.25, 0.3) is 0 Å². The molecule has 0 aromatic carbocycles. The molecule has 0 saturated carbocycles. The fraction of sp³-hybridized carbons (Fsp3) is 0.938. The molecule has 0 aliphatic heterocycles. The van der Waals surface area contributed by atoms with E-state index in [4.69, 9.17) is 5.73 Å². The summed E-state index contributed by atoms with van der Waals surface area (Å²) in [5.74, 6) is 0.220. The molecule has 0 radical (unpaired) electrons. The number of rotatable bonds is 10. The van der Waals surface area contributed by atoms with Crippen LogP contribution in [-0.4, -0.2) is 87.4 Å². The van der Waals surface area contributed by atoms with Gasteiger partial charge in [-0.3, -0.25) is 9.69 Å². The molecule has 0 amide bonds. The van der Waals surface area contributed by atoms with Crippen LogP contribution in [-0.2, 0) is 4.79 Å². The summed E-state index contributed by atoms with van der Waals surface area (Å²) in [6.07, 6.45) is 0. The van der Waals surface area contributed by atoms with Gasteiger partial charge in [0.25, 0.3) is 0 Å². The number of carbonyl (C=O) groups is 1. The summed E-state index contributed by atoms with van der Waals surface area (Å²) < 4.78 is 0. The maximum Gasteiger partial charge on any atom is 0.143 e. The average Bonchev–Trinajstić information content (AvgIpc) is 2.47. The highest BCUT2D eigenvalue weighted by molar-refractivity contribution is 5.77. The van der Waals surface area contributed by atoms with Crippen LogP contribution in [0.1, 0.15) is 36.0 Å². The van der Waals surface area contributed by atoms with Crippen LogP contribution in [0.3, 0.4) is 0 Å². The number of carbonyl (C=O) groups excluding carboxylic acids is 1. The first kappa shape index (κ1) is 25.5. The van der Waals surface area contributed by atoms with Crippen molar-refractivity contribution in [2.24, 2.45) is 5.73 Å². The summed E-state index contributed by atoms with van der Waals surface area (Å²) >= 11 is 0. The Balaban J connectivity index is -0.000000297. The first-order valence-electron chi connectivity index (χ1n) is 8.20. The molecule has 0 spiro atoms. The van der Waals surface area contributed by atoms with Gasteiger partial charge in [-0.05, 0) is 28.1 Å². The molecule has 0 aliphatic carbocycles. The summed E-state index contributed by atoms with van der Waals surface area (Å²) in [4.78, 5) is 17.5. The van der Waals surface area contributed by atoms with E-state index < -0.39 is 0 Å². The SMILES string of the molecule is CC.CC.CC(=O)CN(C)CCN(C)CCN(C)CCN.[HH]. The van der Waals surface area contributed by atoms with Crippen molar-refractivity contribution in [3.05, 3.63) is 0 Å². The number of hydrogen-bond donors (Lipinski definition) is 1. The second kappa shape index (κ2) is 19.5. The molecule has 21 heavy (non-hydrogen) atoms. The lowest BCUT2D eigenvalue weighted by molar-refractivity contribution is -0.117. The van der Waals surface area contributed by atoms with Crippen LogP contribution in [0.4, 0.5) is 0 Å². The maximum absolute atomic E-state index is 10.9. The lowest BCUT2D eigenvalue weighted by Gasteiger charge is -2.23. The molecule has 0 saturated heterocycles. The fourth-order valence-corrected chi connectivity index (χ4v) is 1.59. The minimum absolute atomic E-state index is 0. The van der Waals surface area contributed by atoms with E-state index in [0.717, 1.165) is 32.7 Å². The van der Waals surface area contributed by atoms with Crippen LogP contribution in [0.2, 0.25) is 0 Å². The Morgan fingerprint density at radius 2 is 1.14 bits per heavy atom. The van der Waals surface area contributed by atoms with Crippen LogP contribution < -0.4 is 5.73 Å². The number of Topliss-reactive ketones (excluding diaryl/α,β-unsaturated/α-hetero) is 1. The molecule has 0 aromatic rings. The Morgan fingerprint density at radius 1 is 0.810 bits per heavy atom. The first-order valence-corrected chi connectivity index (χ1v) is 8.20. The van der Waals surface area contributed by atoms with E-state index in [9.17, 15) is 4.79 Å². The Morgan fingerprint density at radius 3 is 1.48 bits per heavy atom. The second-order valence-corrected chi connectivity index (χ2v) is 4.84. The average molecular weight is 307 g/mol. The number of hydrogen-bond acceptors (Lipinski definition) is 5. The summed E-state index contributed by atoms with van der Waals surface area (Å²) in [7, 11) is 6.18. The van der Waals surface area contributed by atoms with Gasteiger partial charge >= 0.3 is 0 Å². The van der Waals surface area contributed by atoms with Gasteiger partial charge in [0.1, 0.15) is 5.78 Å². The van der Waals surface area contributed by atoms with Gasteiger partial charge in [0, 0.05) is 40.7 Å². The normalized spacial score (nSPS) is 10.1. The minimum atomic E-state index is 0. The smallest absolute Gasteiger partial charge is 0.143 e. The molecule has 5 nitrogen and oxygen atoms in total. The highest BCUT2D eigenvalue weighted by Crippen LogP contribution is 1.89. The molecule has 0 bridgehead atoms. The largest absolute Gasteiger partial charge is 0.329 e.